The van der Waals surface area contributed by atoms with Crippen LogP contribution in [-0.4, -0.2) is 38.4 Å². The van der Waals surface area contributed by atoms with Crippen molar-refractivity contribution < 1.29 is 23.8 Å². The van der Waals surface area contributed by atoms with Gasteiger partial charge in [-0.25, -0.2) is 5.43 Å². The largest absolute Gasteiger partial charge is 0.495 e. The Bertz CT molecular complexity index is 1210. The summed E-state index contributed by atoms with van der Waals surface area (Å²) in [6, 6.07) is 17.4. The topological polar surface area (TPSA) is 98.3 Å². The van der Waals surface area contributed by atoms with Crippen molar-refractivity contribution in [1.82, 2.24) is 5.43 Å². The van der Waals surface area contributed by atoms with Crippen LogP contribution in [0.4, 0.5) is 5.69 Å². The Morgan fingerprint density at radius 3 is 2.49 bits per heavy atom. The van der Waals surface area contributed by atoms with Gasteiger partial charge in [0.05, 0.1) is 30.6 Å². The van der Waals surface area contributed by atoms with Gasteiger partial charge < -0.3 is 19.5 Å². The summed E-state index contributed by atoms with van der Waals surface area (Å²) in [5.74, 6) is 0.379. The Kier molecular flexibility index (Phi) is 9.09. The summed E-state index contributed by atoms with van der Waals surface area (Å²) < 4.78 is 16.5. The number of rotatable bonds is 10. The number of para-hydroxylation sites is 2. The number of hydrogen-bond donors (Lipinski definition) is 2. The lowest BCUT2D eigenvalue weighted by molar-refractivity contribution is -0.118. The molecule has 0 aromatic heterocycles. The fourth-order valence-electron chi connectivity index (χ4n) is 3.07. The number of anilines is 1. The van der Waals surface area contributed by atoms with Crippen LogP contribution in [0.3, 0.4) is 0 Å². The van der Waals surface area contributed by atoms with Gasteiger partial charge in [-0.2, -0.15) is 5.10 Å². The van der Waals surface area contributed by atoms with Gasteiger partial charge in [0.15, 0.2) is 18.1 Å². The quantitative estimate of drug-likeness (QED) is 0.310. The molecule has 0 radical (unpaired) electrons. The first kappa shape index (κ1) is 25.6. The first-order valence-electron chi connectivity index (χ1n) is 10.8. The standard InChI is InChI=1S/C26H26ClN3O5/c1-4-34-23-14-18(15-28-30-26(32)19-11-9-17(2)10-12-19)13-20(27)25(23)35-16-24(31)29-21-7-5-6-8-22(21)33-3/h5-15H,4,16H2,1-3H3,(H,29,31)(H,30,32). The third kappa shape index (κ3) is 7.22. The molecular formula is C26H26ClN3O5. The smallest absolute Gasteiger partial charge is 0.271 e. The van der Waals surface area contributed by atoms with Crippen LogP contribution in [0.1, 0.15) is 28.4 Å². The van der Waals surface area contributed by atoms with E-state index in [1.165, 1.54) is 13.3 Å². The molecule has 0 aliphatic heterocycles. The molecule has 0 atom stereocenters. The number of carbonyl (C=O) groups is 2. The van der Waals surface area contributed by atoms with Crippen molar-refractivity contribution in [2.24, 2.45) is 5.10 Å². The first-order valence-corrected chi connectivity index (χ1v) is 11.2. The molecule has 0 saturated heterocycles. The Morgan fingerprint density at radius 1 is 1.03 bits per heavy atom. The highest BCUT2D eigenvalue weighted by atomic mass is 35.5. The number of methoxy groups -OCH3 is 1. The lowest BCUT2D eigenvalue weighted by atomic mass is 10.1. The van der Waals surface area contributed by atoms with E-state index in [4.69, 9.17) is 25.8 Å². The van der Waals surface area contributed by atoms with Crippen LogP contribution in [0.2, 0.25) is 5.02 Å². The van der Waals surface area contributed by atoms with Gasteiger partial charge in [0.2, 0.25) is 0 Å². The minimum atomic E-state index is -0.391. The van der Waals surface area contributed by atoms with Crippen LogP contribution in [-0.2, 0) is 4.79 Å². The summed E-state index contributed by atoms with van der Waals surface area (Å²) in [5, 5.41) is 6.96. The molecule has 8 nitrogen and oxygen atoms in total. The van der Waals surface area contributed by atoms with E-state index in [1.807, 2.05) is 26.0 Å². The number of ether oxygens (including phenoxy) is 3. The summed E-state index contributed by atoms with van der Waals surface area (Å²) in [4.78, 5) is 24.6. The molecule has 2 N–H and O–H groups in total. The molecule has 0 aliphatic rings. The molecule has 9 heteroatoms. The first-order chi connectivity index (χ1) is 16.9. The van der Waals surface area contributed by atoms with Crippen LogP contribution in [0.5, 0.6) is 17.2 Å². The van der Waals surface area contributed by atoms with Gasteiger partial charge >= 0.3 is 0 Å². The normalized spacial score (nSPS) is 10.6. The van der Waals surface area contributed by atoms with Gasteiger partial charge in [0.1, 0.15) is 5.75 Å². The summed E-state index contributed by atoms with van der Waals surface area (Å²) in [6.07, 6.45) is 1.44. The van der Waals surface area contributed by atoms with E-state index in [-0.39, 0.29) is 23.3 Å². The highest BCUT2D eigenvalue weighted by molar-refractivity contribution is 6.32. The van der Waals surface area contributed by atoms with Gasteiger partial charge in [0, 0.05) is 5.56 Å². The maximum absolute atomic E-state index is 12.4. The minimum Gasteiger partial charge on any atom is -0.495 e. The van der Waals surface area contributed by atoms with E-state index < -0.39 is 5.91 Å². The molecule has 3 rings (SSSR count). The number of hydrogen-bond acceptors (Lipinski definition) is 6. The zero-order valence-corrected chi connectivity index (χ0v) is 20.4. The molecule has 0 aliphatic carbocycles. The van der Waals surface area contributed by atoms with Crippen LogP contribution >= 0.6 is 11.6 Å². The van der Waals surface area contributed by atoms with E-state index in [0.29, 0.717) is 34.9 Å². The molecule has 0 heterocycles. The summed E-state index contributed by atoms with van der Waals surface area (Å²) in [5.41, 5.74) is 5.14. The number of amides is 2. The van der Waals surface area contributed by atoms with Crippen molar-refractivity contribution >= 4 is 35.3 Å². The van der Waals surface area contributed by atoms with Gasteiger partial charge in [-0.3, -0.25) is 9.59 Å². The van der Waals surface area contributed by atoms with Crippen molar-refractivity contribution in [1.29, 1.82) is 0 Å². The molecular weight excluding hydrogens is 470 g/mol. The van der Waals surface area contributed by atoms with E-state index in [1.54, 1.807) is 48.5 Å². The Hall–Kier alpha value is -4.04. The molecule has 182 valence electrons. The average molecular weight is 496 g/mol. The highest BCUT2D eigenvalue weighted by Crippen LogP contribution is 2.36. The number of carbonyl (C=O) groups excluding carboxylic acids is 2. The second-order valence-electron chi connectivity index (χ2n) is 7.37. The predicted octanol–water partition coefficient (Wildman–Crippen LogP) is 4.84. The lowest BCUT2D eigenvalue weighted by Crippen LogP contribution is -2.21. The van der Waals surface area contributed by atoms with Crippen LogP contribution in [0.15, 0.2) is 65.8 Å². The zero-order chi connectivity index (χ0) is 25.2. The molecule has 0 fully saturated rings. The molecule has 3 aromatic rings. The number of nitrogens with zero attached hydrogens (tertiary/aromatic N) is 1. The van der Waals surface area contributed by atoms with Crippen LogP contribution in [0, 0.1) is 6.92 Å². The Balaban J connectivity index is 1.66. The number of nitrogens with one attached hydrogen (secondary N) is 2. The zero-order valence-electron chi connectivity index (χ0n) is 19.6. The Morgan fingerprint density at radius 2 is 1.77 bits per heavy atom. The molecule has 2 amide bonds. The number of halogens is 1. The fourth-order valence-corrected chi connectivity index (χ4v) is 3.35. The molecule has 0 spiro atoms. The number of benzene rings is 3. The molecule has 0 saturated carbocycles. The third-order valence-corrected chi connectivity index (χ3v) is 5.03. The van der Waals surface area contributed by atoms with E-state index in [2.05, 4.69) is 15.8 Å². The van der Waals surface area contributed by atoms with E-state index in [0.717, 1.165) is 5.56 Å². The van der Waals surface area contributed by atoms with E-state index >= 15 is 0 Å². The van der Waals surface area contributed by atoms with Crippen molar-refractivity contribution in [3.8, 4) is 17.2 Å². The second-order valence-corrected chi connectivity index (χ2v) is 7.77. The summed E-state index contributed by atoms with van der Waals surface area (Å²) in [6.45, 7) is 3.82. The fraction of sp³-hybridized carbons (Fsp3) is 0.192. The predicted molar refractivity (Wildman–Crippen MR) is 136 cm³/mol. The third-order valence-electron chi connectivity index (χ3n) is 4.75. The van der Waals surface area contributed by atoms with E-state index in [9.17, 15) is 9.59 Å². The van der Waals surface area contributed by atoms with Crippen molar-refractivity contribution in [3.63, 3.8) is 0 Å². The summed E-state index contributed by atoms with van der Waals surface area (Å²) in [7, 11) is 1.52. The maximum atomic E-state index is 12.4. The second kappa shape index (κ2) is 12.4. The van der Waals surface area contributed by atoms with Gasteiger partial charge in [-0.1, -0.05) is 41.4 Å². The highest BCUT2D eigenvalue weighted by Gasteiger charge is 2.15. The van der Waals surface area contributed by atoms with Crippen molar-refractivity contribution in [2.75, 3.05) is 25.6 Å². The molecule has 0 unspecified atom stereocenters. The average Bonchev–Trinajstić information content (AvgIpc) is 2.84. The molecule has 3 aromatic carbocycles. The molecule has 35 heavy (non-hydrogen) atoms. The minimum absolute atomic E-state index is 0.226. The van der Waals surface area contributed by atoms with Crippen molar-refractivity contribution in [3.05, 3.63) is 82.4 Å². The Labute approximate surface area is 208 Å². The number of hydrazone groups is 1. The van der Waals surface area contributed by atoms with Gasteiger partial charge in [-0.05, 0) is 55.8 Å². The van der Waals surface area contributed by atoms with Crippen LogP contribution < -0.4 is 25.0 Å². The SMILES string of the molecule is CCOc1cc(C=NNC(=O)c2ccc(C)cc2)cc(Cl)c1OCC(=O)Nc1ccccc1OC. The number of aryl methyl sites for hydroxylation is 1. The lowest BCUT2D eigenvalue weighted by Gasteiger charge is -2.15. The van der Waals surface area contributed by atoms with Crippen LogP contribution in [0.25, 0.3) is 0 Å². The van der Waals surface area contributed by atoms with Gasteiger partial charge in [-0.15, -0.1) is 0 Å². The maximum Gasteiger partial charge on any atom is 0.271 e. The molecule has 0 bridgehead atoms. The van der Waals surface area contributed by atoms with Gasteiger partial charge in [0.25, 0.3) is 11.8 Å². The summed E-state index contributed by atoms with van der Waals surface area (Å²) >= 11 is 6.41. The monoisotopic (exact) mass is 495 g/mol. The van der Waals surface area contributed by atoms with Crippen molar-refractivity contribution in [2.45, 2.75) is 13.8 Å².